The molecule has 0 aliphatic carbocycles. The minimum atomic E-state index is -0.362. The molecule has 1 aliphatic heterocycles. The van der Waals surface area contributed by atoms with E-state index in [4.69, 9.17) is 4.84 Å². The van der Waals surface area contributed by atoms with Gasteiger partial charge in [0.15, 0.2) is 11.9 Å². The molecule has 0 amide bonds. The summed E-state index contributed by atoms with van der Waals surface area (Å²) < 4.78 is 0. The van der Waals surface area contributed by atoms with Gasteiger partial charge < -0.3 is 4.90 Å². The molecule has 0 spiro atoms. The molecular weight excluding hydrogens is 204 g/mol. The number of Topliss-reactive ketones (excluding diaryl/α,β-unsaturated/α-hetero) is 1. The van der Waals surface area contributed by atoms with Crippen molar-refractivity contribution in [2.45, 2.75) is 12.5 Å². The molecule has 4 heteroatoms. The van der Waals surface area contributed by atoms with Crippen molar-refractivity contribution in [1.29, 1.82) is 0 Å². The molecule has 1 N–H and O–H groups in total. The van der Waals surface area contributed by atoms with Crippen molar-refractivity contribution in [2.75, 3.05) is 25.6 Å². The monoisotopic (exact) mass is 220 g/mol. The maximum Gasteiger partial charge on any atom is 0.166 e. The van der Waals surface area contributed by atoms with Crippen molar-refractivity contribution in [1.82, 2.24) is 4.90 Å². The van der Waals surface area contributed by atoms with Gasteiger partial charge >= 0.3 is 0 Å². The highest BCUT2D eigenvalue weighted by atomic mass is 16.7. The highest BCUT2D eigenvalue weighted by molar-refractivity contribution is 5.84. The van der Waals surface area contributed by atoms with E-state index in [9.17, 15) is 4.79 Å². The van der Waals surface area contributed by atoms with E-state index in [1.807, 2.05) is 37.4 Å². The summed E-state index contributed by atoms with van der Waals surface area (Å²) in [6.45, 7) is 1.47. The van der Waals surface area contributed by atoms with Gasteiger partial charge in [0.1, 0.15) is 0 Å². The predicted molar refractivity (Wildman–Crippen MR) is 62.1 cm³/mol. The number of piperidine rings is 1. The van der Waals surface area contributed by atoms with E-state index in [0.717, 1.165) is 12.2 Å². The van der Waals surface area contributed by atoms with Gasteiger partial charge in [-0.05, 0) is 19.2 Å². The summed E-state index contributed by atoms with van der Waals surface area (Å²) in [5.41, 5.74) is 3.68. The van der Waals surface area contributed by atoms with Crippen LogP contribution in [0, 0.1) is 0 Å². The van der Waals surface area contributed by atoms with Crippen molar-refractivity contribution >= 4 is 11.5 Å². The molecule has 1 fully saturated rings. The van der Waals surface area contributed by atoms with Crippen LogP contribution in [0.2, 0.25) is 0 Å². The number of likely N-dealkylation sites (tertiary alicyclic amines) is 1. The molecule has 1 atom stereocenters. The maximum atomic E-state index is 11.6. The third kappa shape index (κ3) is 2.81. The Morgan fingerprint density at radius 2 is 2.12 bits per heavy atom. The van der Waals surface area contributed by atoms with Crippen LogP contribution in [-0.2, 0) is 9.63 Å². The first-order valence-electron chi connectivity index (χ1n) is 5.43. The molecule has 0 radical (unpaired) electrons. The Balaban J connectivity index is 1.87. The average molecular weight is 220 g/mol. The van der Waals surface area contributed by atoms with E-state index in [0.29, 0.717) is 13.0 Å². The summed E-state index contributed by atoms with van der Waals surface area (Å²) >= 11 is 0. The van der Waals surface area contributed by atoms with Crippen LogP contribution in [-0.4, -0.2) is 36.9 Å². The minimum absolute atomic E-state index is 0.168. The molecule has 0 saturated carbocycles. The van der Waals surface area contributed by atoms with Gasteiger partial charge in [-0.2, -0.15) is 0 Å². The van der Waals surface area contributed by atoms with Crippen LogP contribution in [0.15, 0.2) is 30.3 Å². The number of nitrogens with one attached hydrogen (secondary N) is 1. The largest absolute Gasteiger partial charge is 0.303 e. The SMILES string of the molecule is CN1CCC(=O)[C@@H](ONc2ccccc2)C1. The van der Waals surface area contributed by atoms with Crippen LogP contribution >= 0.6 is 0 Å². The lowest BCUT2D eigenvalue weighted by molar-refractivity contribution is -0.133. The fourth-order valence-corrected chi connectivity index (χ4v) is 1.69. The highest BCUT2D eigenvalue weighted by Gasteiger charge is 2.26. The summed E-state index contributed by atoms with van der Waals surface area (Å²) in [4.78, 5) is 19.1. The number of hydrogen-bond acceptors (Lipinski definition) is 4. The van der Waals surface area contributed by atoms with Gasteiger partial charge in [0.05, 0.1) is 5.69 Å². The number of anilines is 1. The molecule has 2 rings (SSSR count). The Morgan fingerprint density at radius 3 is 2.88 bits per heavy atom. The van der Waals surface area contributed by atoms with Crippen LogP contribution in [0.3, 0.4) is 0 Å². The number of likely N-dealkylation sites (N-methyl/N-ethyl adjacent to an activating group) is 1. The van der Waals surface area contributed by atoms with Crippen molar-refractivity contribution in [3.8, 4) is 0 Å². The number of nitrogens with zero attached hydrogens (tertiary/aromatic N) is 1. The van der Waals surface area contributed by atoms with Crippen molar-refractivity contribution < 1.29 is 9.63 Å². The van der Waals surface area contributed by atoms with Crippen LogP contribution in [0.25, 0.3) is 0 Å². The first kappa shape index (κ1) is 11.1. The molecule has 0 unspecified atom stereocenters. The zero-order chi connectivity index (χ0) is 11.4. The average Bonchev–Trinajstić information content (AvgIpc) is 2.32. The number of benzene rings is 1. The summed E-state index contributed by atoms with van der Waals surface area (Å²) in [6, 6.07) is 9.57. The van der Waals surface area contributed by atoms with Gasteiger partial charge in [0, 0.05) is 19.5 Å². The molecule has 0 aromatic heterocycles. The van der Waals surface area contributed by atoms with E-state index in [1.165, 1.54) is 0 Å². The smallest absolute Gasteiger partial charge is 0.166 e. The maximum absolute atomic E-state index is 11.6. The van der Waals surface area contributed by atoms with Crippen LogP contribution in [0.1, 0.15) is 6.42 Å². The van der Waals surface area contributed by atoms with Gasteiger partial charge in [-0.15, -0.1) is 0 Å². The van der Waals surface area contributed by atoms with E-state index in [-0.39, 0.29) is 11.9 Å². The van der Waals surface area contributed by atoms with Crippen molar-refractivity contribution in [3.63, 3.8) is 0 Å². The number of para-hydroxylation sites is 1. The number of carbonyl (C=O) groups excluding carboxylic acids is 1. The van der Waals surface area contributed by atoms with Crippen LogP contribution in [0.4, 0.5) is 5.69 Å². The predicted octanol–water partition coefficient (Wildman–Crippen LogP) is 1.30. The lowest BCUT2D eigenvalue weighted by Gasteiger charge is -2.28. The van der Waals surface area contributed by atoms with E-state index >= 15 is 0 Å². The standard InChI is InChI=1S/C12H16N2O2/c1-14-8-7-11(15)12(9-14)16-13-10-5-3-2-4-6-10/h2-6,12-13H,7-9H2,1H3/t12-/m0/s1. The third-order valence-corrected chi connectivity index (χ3v) is 2.67. The lowest BCUT2D eigenvalue weighted by atomic mass is 10.1. The van der Waals surface area contributed by atoms with E-state index < -0.39 is 0 Å². The lowest BCUT2D eigenvalue weighted by Crippen LogP contribution is -2.44. The number of rotatable bonds is 3. The Hall–Kier alpha value is -1.39. The molecule has 0 bridgehead atoms. The second kappa shape index (κ2) is 5.09. The molecule has 1 aliphatic rings. The Bertz CT molecular complexity index is 353. The highest BCUT2D eigenvalue weighted by Crippen LogP contribution is 2.11. The zero-order valence-corrected chi connectivity index (χ0v) is 9.35. The van der Waals surface area contributed by atoms with Crippen molar-refractivity contribution in [3.05, 3.63) is 30.3 Å². The molecular formula is C12H16N2O2. The van der Waals surface area contributed by atoms with Gasteiger partial charge in [-0.25, -0.2) is 0 Å². The molecule has 1 heterocycles. The third-order valence-electron chi connectivity index (χ3n) is 2.67. The van der Waals surface area contributed by atoms with E-state index in [1.54, 1.807) is 0 Å². The number of hydrogen-bond donors (Lipinski definition) is 1. The fourth-order valence-electron chi connectivity index (χ4n) is 1.69. The normalized spacial score (nSPS) is 22.1. The Kier molecular flexibility index (Phi) is 3.54. The molecule has 1 aromatic carbocycles. The summed E-state index contributed by atoms with van der Waals surface area (Å²) in [5.74, 6) is 0.168. The first-order valence-corrected chi connectivity index (χ1v) is 5.43. The Labute approximate surface area is 95.2 Å². The molecule has 86 valence electrons. The summed E-state index contributed by atoms with van der Waals surface area (Å²) in [7, 11) is 1.99. The van der Waals surface area contributed by atoms with Gasteiger partial charge in [-0.1, -0.05) is 18.2 Å². The second-order valence-corrected chi connectivity index (χ2v) is 4.05. The van der Waals surface area contributed by atoms with Gasteiger partial charge in [0.2, 0.25) is 0 Å². The Morgan fingerprint density at radius 1 is 1.38 bits per heavy atom. The minimum Gasteiger partial charge on any atom is -0.303 e. The fraction of sp³-hybridized carbons (Fsp3) is 0.417. The van der Waals surface area contributed by atoms with Crippen LogP contribution in [0.5, 0.6) is 0 Å². The second-order valence-electron chi connectivity index (χ2n) is 4.05. The first-order chi connectivity index (χ1) is 7.75. The zero-order valence-electron chi connectivity index (χ0n) is 9.35. The van der Waals surface area contributed by atoms with Gasteiger partial charge in [0.25, 0.3) is 0 Å². The molecule has 16 heavy (non-hydrogen) atoms. The molecule has 1 saturated heterocycles. The molecule has 1 aromatic rings. The van der Waals surface area contributed by atoms with Gasteiger partial charge in [-0.3, -0.25) is 15.1 Å². The van der Waals surface area contributed by atoms with Crippen LogP contribution < -0.4 is 5.48 Å². The number of carbonyl (C=O) groups is 1. The van der Waals surface area contributed by atoms with Crippen molar-refractivity contribution in [2.24, 2.45) is 0 Å². The quantitative estimate of drug-likeness (QED) is 0.780. The topological polar surface area (TPSA) is 41.6 Å². The summed E-state index contributed by atoms with van der Waals surface area (Å²) in [6.07, 6.45) is 0.205. The molecule has 4 nitrogen and oxygen atoms in total. The number of ketones is 1. The summed E-state index contributed by atoms with van der Waals surface area (Å²) in [5, 5.41) is 0. The van der Waals surface area contributed by atoms with E-state index in [2.05, 4.69) is 10.4 Å².